The maximum atomic E-state index is 13.6. The monoisotopic (exact) mass is 750 g/mol. The number of carbonyl (C=O) groups is 4. The first-order chi connectivity index (χ1) is 26.3. The van der Waals surface area contributed by atoms with E-state index in [1.54, 1.807) is 23.4 Å². The first-order valence-electron chi connectivity index (χ1n) is 18.2. The van der Waals surface area contributed by atoms with Crippen molar-refractivity contribution in [1.82, 2.24) is 40.8 Å². The van der Waals surface area contributed by atoms with Gasteiger partial charge in [-0.25, -0.2) is 19.6 Å². The summed E-state index contributed by atoms with van der Waals surface area (Å²) in [5.41, 5.74) is 6.41. The van der Waals surface area contributed by atoms with E-state index in [2.05, 4.69) is 53.8 Å². The van der Waals surface area contributed by atoms with Crippen LogP contribution in [0.3, 0.4) is 0 Å². The number of rotatable bonds is 14. The van der Waals surface area contributed by atoms with E-state index < -0.39 is 30.3 Å². The van der Waals surface area contributed by atoms with E-state index in [1.165, 1.54) is 14.2 Å². The van der Waals surface area contributed by atoms with Gasteiger partial charge in [0.05, 0.1) is 50.1 Å². The molecule has 1 aliphatic heterocycles. The lowest BCUT2D eigenvalue weighted by Crippen LogP contribution is -2.51. The molecule has 0 spiro atoms. The average Bonchev–Trinajstić information content (AvgIpc) is 3.96. The number of ether oxygens (including phenoxy) is 2. The number of hydrogen-bond donors (Lipinski definition) is 5. The van der Waals surface area contributed by atoms with Gasteiger partial charge in [-0.15, -0.1) is 6.58 Å². The zero-order chi connectivity index (χ0) is 39.8. The Morgan fingerprint density at radius 2 is 1.31 bits per heavy atom. The maximum Gasteiger partial charge on any atom is 0.407 e. The molecule has 5 rings (SSSR count). The number of H-pyrrole nitrogens is 2. The molecule has 1 saturated heterocycles. The maximum absolute atomic E-state index is 13.6. The number of alkyl carbamates (subject to hydrolysis) is 2. The number of carbonyl (C=O) groups excluding carboxylic acids is 4. The van der Waals surface area contributed by atoms with Gasteiger partial charge in [-0.1, -0.05) is 94.5 Å². The van der Waals surface area contributed by atoms with Crippen LogP contribution in [-0.4, -0.2) is 81.7 Å². The van der Waals surface area contributed by atoms with Gasteiger partial charge in [0.1, 0.15) is 23.7 Å². The minimum atomic E-state index is -0.782. The summed E-state index contributed by atoms with van der Waals surface area (Å²) in [7, 11) is 2.53. The summed E-state index contributed by atoms with van der Waals surface area (Å²) in [5.74, 6) is 0.344. The molecule has 0 unspecified atom stereocenters. The van der Waals surface area contributed by atoms with Gasteiger partial charge in [-0.05, 0) is 46.9 Å². The molecular formula is C41H50N8O6. The Labute approximate surface area is 321 Å². The van der Waals surface area contributed by atoms with Gasteiger partial charge in [0.15, 0.2) is 0 Å². The zero-order valence-corrected chi connectivity index (χ0v) is 32.1. The van der Waals surface area contributed by atoms with Gasteiger partial charge < -0.3 is 40.3 Å². The minimum absolute atomic E-state index is 0.148. The van der Waals surface area contributed by atoms with Crippen molar-refractivity contribution in [2.45, 2.75) is 64.7 Å². The summed E-state index contributed by atoms with van der Waals surface area (Å²) in [6.07, 6.45) is 4.86. The van der Waals surface area contributed by atoms with E-state index in [1.807, 2.05) is 76.2 Å². The van der Waals surface area contributed by atoms with E-state index in [0.717, 1.165) is 39.2 Å². The highest BCUT2D eigenvalue weighted by Crippen LogP contribution is 2.35. The third-order valence-electron chi connectivity index (χ3n) is 9.62. The Morgan fingerprint density at radius 1 is 0.800 bits per heavy atom. The van der Waals surface area contributed by atoms with E-state index in [4.69, 9.17) is 4.74 Å². The number of benzene rings is 2. The lowest BCUT2D eigenvalue weighted by molar-refractivity contribution is -0.135. The van der Waals surface area contributed by atoms with Crippen molar-refractivity contribution in [3.8, 4) is 33.6 Å². The normalized spacial score (nSPS) is 15.7. The molecule has 14 nitrogen and oxygen atoms in total. The molecule has 55 heavy (non-hydrogen) atoms. The van der Waals surface area contributed by atoms with Crippen LogP contribution in [0.5, 0.6) is 0 Å². The van der Waals surface area contributed by atoms with E-state index >= 15 is 0 Å². The quantitative estimate of drug-likeness (QED) is 0.0910. The molecule has 0 radical (unpaired) electrons. The van der Waals surface area contributed by atoms with Crippen LogP contribution in [0.25, 0.3) is 33.6 Å². The number of amides is 4. The summed E-state index contributed by atoms with van der Waals surface area (Å²) in [4.78, 5) is 68.2. The molecule has 0 bridgehead atoms. The molecule has 0 saturated carbocycles. The van der Waals surface area contributed by atoms with Crippen LogP contribution in [0, 0.1) is 11.8 Å². The topological polar surface area (TPSA) is 183 Å². The lowest BCUT2D eigenvalue weighted by atomic mass is 10.0. The SMILES string of the molecule is C=CC[C@H](NC(=O)[C@@H](NC(=O)OC)C(C)C)c1ncc(-c2ccc(-c3ccc(-c4cnc([C@@H]5CC(=C)CN5C(=O)[C@@H](NC(=O)OC)C(C)C)[nH]4)cc3)cc2)[nH]1. The van der Waals surface area contributed by atoms with Gasteiger partial charge in [0, 0.05) is 6.54 Å². The Kier molecular flexibility index (Phi) is 12.9. The van der Waals surface area contributed by atoms with Crippen molar-refractivity contribution in [2.75, 3.05) is 20.8 Å². The Balaban J connectivity index is 1.26. The minimum Gasteiger partial charge on any atom is -0.453 e. The van der Waals surface area contributed by atoms with Gasteiger partial charge in [-0.2, -0.15) is 0 Å². The summed E-state index contributed by atoms with van der Waals surface area (Å²) in [6, 6.07) is 13.9. The Morgan fingerprint density at radius 3 is 1.84 bits per heavy atom. The fraction of sp³-hybridized carbons (Fsp3) is 0.366. The van der Waals surface area contributed by atoms with Crippen LogP contribution in [-0.2, 0) is 19.1 Å². The largest absolute Gasteiger partial charge is 0.453 e. The van der Waals surface area contributed by atoms with Crippen molar-refractivity contribution >= 4 is 24.0 Å². The summed E-state index contributed by atoms with van der Waals surface area (Å²) >= 11 is 0. The van der Waals surface area contributed by atoms with Crippen LogP contribution in [0.4, 0.5) is 9.59 Å². The number of methoxy groups -OCH3 is 2. The average molecular weight is 751 g/mol. The van der Waals surface area contributed by atoms with Gasteiger partial charge >= 0.3 is 12.2 Å². The molecule has 2 aromatic heterocycles. The summed E-state index contributed by atoms with van der Waals surface area (Å²) in [5, 5.41) is 8.24. The second-order valence-corrected chi connectivity index (χ2v) is 14.3. The molecular weight excluding hydrogens is 701 g/mol. The number of aromatic nitrogens is 4. The number of nitrogens with zero attached hydrogens (tertiary/aromatic N) is 3. The molecule has 0 aliphatic carbocycles. The predicted molar refractivity (Wildman–Crippen MR) is 209 cm³/mol. The smallest absolute Gasteiger partial charge is 0.407 e. The van der Waals surface area contributed by atoms with Crippen LogP contribution in [0.2, 0.25) is 0 Å². The number of hydrogen-bond acceptors (Lipinski definition) is 8. The van der Waals surface area contributed by atoms with Crippen LogP contribution >= 0.6 is 0 Å². The fourth-order valence-corrected chi connectivity index (χ4v) is 6.54. The molecule has 5 N–H and O–H groups in total. The third kappa shape index (κ3) is 9.50. The first-order valence-corrected chi connectivity index (χ1v) is 18.2. The van der Waals surface area contributed by atoms with Crippen LogP contribution in [0.1, 0.15) is 64.3 Å². The fourth-order valence-electron chi connectivity index (χ4n) is 6.54. The Bertz CT molecular complexity index is 2000. The molecule has 1 aliphatic rings. The van der Waals surface area contributed by atoms with Crippen molar-refractivity contribution < 1.29 is 28.7 Å². The zero-order valence-electron chi connectivity index (χ0n) is 32.1. The second kappa shape index (κ2) is 17.8. The van der Waals surface area contributed by atoms with E-state index in [-0.39, 0.29) is 29.7 Å². The molecule has 1 fully saturated rings. The van der Waals surface area contributed by atoms with Crippen molar-refractivity contribution in [1.29, 1.82) is 0 Å². The highest BCUT2D eigenvalue weighted by Gasteiger charge is 2.39. The highest BCUT2D eigenvalue weighted by molar-refractivity contribution is 5.87. The van der Waals surface area contributed by atoms with Crippen molar-refractivity contribution in [2.24, 2.45) is 11.8 Å². The molecule has 4 amide bonds. The molecule has 2 aromatic carbocycles. The van der Waals surface area contributed by atoms with Crippen molar-refractivity contribution in [3.63, 3.8) is 0 Å². The van der Waals surface area contributed by atoms with Gasteiger partial charge in [-0.3, -0.25) is 9.59 Å². The Hall–Kier alpha value is -6.18. The second-order valence-electron chi connectivity index (χ2n) is 14.3. The predicted octanol–water partition coefficient (Wildman–Crippen LogP) is 6.46. The third-order valence-corrected chi connectivity index (χ3v) is 9.62. The lowest BCUT2D eigenvalue weighted by Gasteiger charge is -2.29. The highest BCUT2D eigenvalue weighted by atomic mass is 16.5. The molecule has 4 aromatic rings. The number of imidazole rings is 2. The van der Waals surface area contributed by atoms with Gasteiger partial charge in [0.25, 0.3) is 0 Å². The molecule has 4 atom stereocenters. The standard InChI is InChI=1S/C41H50N8O6/c1-9-10-30(46-38(50)34(23(2)3)47-40(52)54-7)36-42-20-31(44-36)28-15-11-26(12-16-28)27-13-17-29(18-14-27)32-21-43-37(45-32)33-19-25(6)22-49(33)39(51)35(24(4)5)48-41(53)55-8/h9,11-18,20-21,23-24,30,33-35H,1,6,10,19,22H2,2-5,7-8H3,(H,42,44)(H,43,45)(H,46,50)(H,47,52)(H,48,53)/t30-,33-,34-,35-/m0/s1. The number of nitrogens with one attached hydrogen (secondary N) is 5. The van der Waals surface area contributed by atoms with Crippen LogP contribution < -0.4 is 16.0 Å². The summed E-state index contributed by atoms with van der Waals surface area (Å²) < 4.78 is 9.44. The first kappa shape index (κ1) is 40.0. The number of likely N-dealkylation sites (tertiary alicyclic amines) is 1. The van der Waals surface area contributed by atoms with Crippen LogP contribution in [0.15, 0.2) is 85.7 Å². The molecule has 3 heterocycles. The van der Waals surface area contributed by atoms with Gasteiger partial charge in [0.2, 0.25) is 11.8 Å². The summed E-state index contributed by atoms with van der Waals surface area (Å²) in [6.45, 7) is 15.8. The van der Waals surface area contributed by atoms with Crippen molar-refractivity contribution in [3.05, 3.63) is 97.4 Å². The van der Waals surface area contributed by atoms with E-state index in [9.17, 15) is 19.2 Å². The number of aromatic amines is 2. The molecule has 290 valence electrons. The van der Waals surface area contributed by atoms with E-state index in [0.29, 0.717) is 31.0 Å². The molecule has 14 heteroatoms.